The molecule has 2 aromatic carbocycles. The largest absolute Gasteiger partial charge is 0.384 e. The van der Waals surface area contributed by atoms with E-state index in [1.54, 1.807) is 0 Å². The van der Waals surface area contributed by atoms with Gasteiger partial charge in [-0.1, -0.05) is 6.07 Å². The van der Waals surface area contributed by atoms with Crippen LogP contribution in [0.1, 0.15) is 35.8 Å². The van der Waals surface area contributed by atoms with Gasteiger partial charge in [-0.25, -0.2) is 4.98 Å². The predicted octanol–water partition coefficient (Wildman–Crippen LogP) is 2.09. The molecule has 0 spiro atoms. The number of nitrogen functional groups attached to an aromatic ring is 1. The van der Waals surface area contributed by atoms with Gasteiger partial charge in [-0.2, -0.15) is 0 Å². The van der Waals surface area contributed by atoms with Gasteiger partial charge in [-0.05, 0) is 54.8 Å². The van der Waals surface area contributed by atoms with Gasteiger partial charge in [0.15, 0.2) is 0 Å². The third-order valence-corrected chi connectivity index (χ3v) is 5.69. The zero-order valence-electron chi connectivity index (χ0n) is 17.1. The molecule has 1 fully saturated rings. The van der Waals surface area contributed by atoms with Crippen LogP contribution in [0.2, 0.25) is 0 Å². The standard InChI is InChI=1S/C22H27N7O/c1-28-18-9-6-15(20(23)22(30)29-10-2-3-11-29)12-17(18)27-19(28)13-26-16-7-4-14(5-8-16)21(24)25/h4-9,12,20,26H,2-3,10-11,13,23H2,1H3,(H3,24,25). The van der Waals surface area contributed by atoms with Crippen molar-refractivity contribution in [3.63, 3.8) is 0 Å². The van der Waals surface area contributed by atoms with Crippen molar-refractivity contribution in [2.24, 2.45) is 18.5 Å². The molecule has 8 nitrogen and oxygen atoms in total. The second-order valence-corrected chi connectivity index (χ2v) is 7.69. The number of benzene rings is 2. The number of nitrogens with one attached hydrogen (secondary N) is 2. The number of fused-ring (bicyclic) bond motifs is 1. The number of aryl methyl sites for hydroxylation is 1. The quantitative estimate of drug-likeness (QED) is 0.369. The summed E-state index contributed by atoms with van der Waals surface area (Å²) in [6, 6.07) is 12.5. The van der Waals surface area contributed by atoms with E-state index in [-0.39, 0.29) is 11.7 Å². The molecule has 8 heteroatoms. The van der Waals surface area contributed by atoms with Gasteiger partial charge in [0.05, 0.1) is 17.6 Å². The Morgan fingerprint density at radius 3 is 2.57 bits per heavy atom. The monoisotopic (exact) mass is 405 g/mol. The molecular formula is C22H27N7O. The van der Waals surface area contributed by atoms with Gasteiger partial charge in [0.1, 0.15) is 17.7 Å². The number of hydrogen-bond acceptors (Lipinski definition) is 5. The van der Waals surface area contributed by atoms with Crippen LogP contribution in [-0.2, 0) is 18.4 Å². The lowest BCUT2D eigenvalue weighted by Crippen LogP contribution is -2.36. The molecule has 1 amide bonds. The molecular weight excluding hydrogens is 378 g/mol. The molecule has 1 atom stereocenters. The number of likely N-dealkylation sites (tertiary alicyclic amines) is 1. The maximum atomic E-state index is 12.6. The second-order valence-electron chi connectivity index (χ2n) is 7.69. The summed E-state index contributed by atoms with van der Waals surface area (Å²) in [5.74, 6) is 0.907. The van der Waals surface area contributed by atoms with Crippen LogP contribution in [0.4, 0.5) is 5.69 Å². The SMILES string of the molecule is Cn1c(CNc2ccc(C(=N)N)cc2)nc2cc(C(N)C(=O)N3CCCC3)ccc21. The first-order valence-electron chi connectivity index (χ1n) is 10.1. The van der Waals surface area contributed by atoms with Gasteiger partial charge in [0.25, 0.3) is 0 Å². The van der Waals surface area contributed by atoms with E-state index in [9.17, 15) is 4.79 Å². The fraction of sp³-hybridized carbons (Fsp3) is 0.318. The lowest BCUT2D eigenvalue weighted by atomic mass is 10.1. The predicted molar refractivity (Wildman–Crippen MR) is 118 cm³/mol. The average molecular weight is 406 g/mol. The zero-order chi connectivity index (χ0) is 21.3. The van der Waals surface area contributed by atoms with Crippen molar-refractivity contribution in [2.45, 2.75) is 25.4 Å². The Bertz CT molecular complexity index is 1080. The lowest BCUT2D eigenvalue weighted by molar-refractivity contribution is -0.131. The molecule has 1 saturated heterocycles. The molecule has 0 bridgehead atoms. The number of rotatable bonds is 6. The zero-order valence-corrected chi connectivity index (χ0v) is 17.1. The number of anilines is 1. The smallest absolute Gasteiger partial charge is 0.244 e. The van der Waals surface area contributed by atoms with Gasteiger partial charge in [-0.15, -0.1) is 0 Å². The van der Waals surface area contributed by atoms with Crippen LogP contribution in [0, 0.1) is 5.41 Å². The number of carbonyl (C=O) groups is 1. The Morgan fingerprint density at radius 1 is 1.20 bits per heavy atom. The lowest BCUT2D eigenvalue weighted by Gasteiger charge is -2.20. The summed E-state index contributed by atoms with van der Waals surface area (Å²) < 4.78 is 2.03. The Balaban J connectivity index is 1.50. The first kappa shape index (κ1) is 19.9. The minimum atomic E-state index is -0.657. The number of aromatic nitrogens is 2. The van der Waals surface area contributed by atoms with Crippen molar-refractivity contribution < 1.29 is 4.79 Å². The summed E-state index contributed by atoms with van der Waals surface area (Å²) in [6.45, 7) is 2.13. The molecule has 4 rings (SSSR count). The van der Waals surface area contributed by atoms with Crippen molar-refractivity contribution in [1.29, 1.82) is 5.41 Å². The molecule has 0 aliphatic carbocycles. The summed E-state index contributed by atoms with van der Waals surface area (Å²) in [4.78, 5) is 19.2. The first-order chi connectivity index (χ1) is 14.4. The van der Waals surface area contributed by atoms with Gasteiger partial charge >= 0.3 is 0 Å². The summed E-state index contributed by atoms with van der Waals surface area (Å²) in [5.41, 5.74) is 16.0. The van der Waals surface area contributed by atoms with Crippen LogP contribution >= 0.6 is 0 Å². The van der Waals surface area contributed by atoms with Gasteiger partial charge < -0.3 is 26.3 Å². The topological polar surface area (TPSA) is 126 Å². The van der Waals surface area contributed by atoms with E-state index in [0.717, 1.165) is 54.0 Å². The van der Waals surface area contributed by atoms with Crippen LogP contribution in [0.3, 0.4) is 0 Å². The fourth-order valence-corrected chi connectivity index (χ4v) is 3.84. The van der Waals surface area contributed by atoms with Crippen molar-refractivity contribution in [3.8, 4) is 0 Å². The third-order valence-electron chi connectivity index (χ3n) is 5.69. The highest BCUT2D eigenvalue weighted by Crippen LogP contribution is 2.23. The van der Waals surface area contributed by atoms with Gasteiger partial charge in [-0.3, -0.25) is 10.2 Å². The molecule has 1 aliphatic heterocycles. The molecule has 1 aliphatic rings. The summed E-state index contributed by atoms with van der Waals surface area (Å²) in [7, 11) is 1.97. The van der Waals surface area contributed by atoms with Crippen LogP contribution < -0.4 is 16.8 Å². The minimum Gasteiger partial charge on any atom is -0.384 e. The van der Waals surface area contributed by atoms with Crippen molar-refractivity contribution in [1.82, 2.24) is 14.5 Å². The Hall–Kier alpha value is -3.39. The Kier molecular flexibility index (Phi) is 5.41. The Labute approximate surface area is 175 Å². The van der Waals surface area contributed by atoms with E-state index >= 15 is 0 Å². The molecule has 6 N–H and O–H groups in total. The fourth-order valence-electron chi connectivity index (χ4n) is 3.84. The highest BCUT2D eigenvalue weighted by Gasteiger charge is 2.25. The number of hydrogen-bond donors (Lipinski definition) is 4. The van der Waals surface area contributed by atoms with E-state index in [1.165, 1.54) is 0 Å². The highest BCUT2D eigenvalue weighted by atomic mass is 16.2. The van der Waals surface area contributed by atoms with E-state index in [1.807, 2.05) is 59.0 Å². The van der Waals surface area contributed by atoms with Gasteiger partial charge in [0, 0.05) is 31.4 Å². The van der Waals surface area contributed by atoms with Crippen molar-refractivity contribution in [3.05, 3.63) is 59.4 Å². The van der Waals surface area contributed by atoms with Crippen LogP contribution in [0.5, 0.6) is 0 Å². The number of nitrogens with zero attached hydrogens (tertiary/aromatic N) is 3. The summed E-state index contributed by atoms with van der Waals surface area (Å²) in [5, 5.41) is 10.8. The summed E-state index contributed by atoms with van der Waals surface area (Å²) in [6.07, 6.45) is 2.09. The van der Waals surface area contributed by atoms with E-state index in [0.29, 0.717) is 12.1 Å². The maximum Gasteiger partial charge on any atom is 0.244 e. The number of carbonyl (C=O) groups excluding carboxylic acids is 1. The van der Waals surface area contributed by atoms with Crippen molar-refractivity contribution >= 4 is 28.5 Å². The number of nitrogens with two attached hydrogens (primary N) is 2. The normalized spacial score (nSPS) is 14.8. The van der Waals surface area contributed by atoms with E-state index < -0.39 is 6.04 Å². The second kappa shape index (κ2) is 8.16. The van der Waals surface area contributed by atoms with E-state index in [4.69, 9.17) is 21.9 Å². The minimum absolute atomic E-state index is 0.0151. The molecule has 156 valence electrons. The molecule has 1 unspecified atom stereocenters. The highest BCUT2D eigenvalue weighted by molar-refractivity contribution is 5.95. The molecule has 2 heterocycles. The van der Waals surface area contributed by atoms with Crippen LogP contribution in [0.25, 0.3) is 11.0 Å². The number of imidazole rings is 1. The molecule has 1 aromatic heterocycles. The molecule has 3 aromatic rings. The number of amidine groups is 1. The van der Waals surface area contributed by atoms with Gasteiger partial charge in [0.2, 0.25) is 5.91 Å². The third kappa shape index (κ3) is 3.86. The molecule has 0 saturated carbocycles. The van der Waals surface area contributed by atoms with Crippen LogP contribution in [0.15, 0.2) is 42.5 Å². The maximum absolute atomic E-state index is 12.6. The van der Waals surface area contributed by atoms with Crippen LogP contribution in [-0.4, -0.2) is 39.3 Å². The number of amides is 1. The average Bonchev–Trinajstić information content (AvgIpc) is 3.40. The van der Waals surface area contributed by atoms with E-state index in [2.05, 4.69) is 5.32 Å². The summed E-state index contributed by atoms with van der Waals surface area (Å²) >= 11 is 0. The molecule has 30 heavy (non-hydrogen) atoms. The Morgan fingerprint density at radius 2 is 1.90 bits per heavy atom. The molecule has 0 radical (unpaired) electrons. The van der Waals surface area contributed by atoms with Crippen molar-refractivity contribution in [2.75, 3.05) is 18.4 Å². The first-order valence-corrected chi connectivity index (χ1v) is 10.1.